The number of rotatable bonds is 3. The lowest BCUT2D eigenvalue weighted by molar-refractivity contribution is -0.190. The summed E-state index contributed by atoms with van der Waals surface area (Å²) in [7, 11) is 0. The Morgan fingerprint density at radius 3 is 2.63 bits per heavy atom. The molecule has 1 aromatic carbocycles. The van der Waals surface area contributed by atoms with Crippen LogP contribution in [-0.4, -0.2) is 44.4 Å². The van der Waals surface area contributed by atoms with Crippen molar-refractivity contribution in [2.24, 2.45) is 0 Å². The maximum atomic E-state index is 13.7. The van der Waals surface area contributed by atoms with Crippen molar-refractivity contribution >= 4 is 16.8 Å². The summed E-state index contributed by atoms with van der Waals surface area (Å²) in [6.07, 6.45) is 0.208. The zero-order valence-corrected chi connectivity index (χ0v) is 16.5. The number of carbonyl (C=O) groups is 1. The van der Waals surface area contributed by atoms with Crippen LogP contribution in [0, 0.1) is 18.6 Å². The van der Waals surface area contributed by atoms with Crippen molar-refractivity contribution < 1.29 is 27.8 Å². The number of Topliss-reactive ketones (excluding diaryl/α,β-unsaturated/α-hetero) is 1. The van der Waals surface area contributed by atoms with Gasteiger partial charge in [-0.25, -0.2) is 18.7 Å². The van der Waals surface area contributed by atoms with E-state index >= 15 is 0 Å². The molecule has 4 atom stereocenters. The van der Waals surface area contributed by atoms with Crippen LogP contribution in [0.5, 0.6) is 0 Å². The molecule has 0 radical (unpaired) electrons. The fraction of sp³-hybridized carbons (Fsp3) is 0.381. The van der Waals surface area contributed by atoms with Gasteiger partial charge in [0.25, 0.3) is 0 Å². The Balaban J connectivity index is 1.54. The molecule has 156 valence electrons. The molecule has 0 saturated carbocycles. The highest BCUT2D eigenvalue weighted by Gasteiger charge is 2.58. The Bertz CT molecular complexity index is 1160. The number of halogens is 2. The van der Waals surface area contributed by atoms with Crippen molar-refractivity contribution in [1.29, 1.82) is 0 Å². The highest BCUT2D eigenvalue weighted by atomic mass is 19.2. The van der Waals surface area contributed by atoms with E-state index in [1.807, 2.05) is 13.0 Å². The lowest BCUT2D eigenvalue weighted by Gasteiger charge is -2.24. The summed E-state index contributed by atoms with van der Waals surface area (Å²) in [5.41, 5.74) is 1.45. The van der Waals surface area contributed by atoms with E-state index in [1.54, 1.807) is 24.6 Å². The van der Waals surface area contributed by atoms with Gasteiger partial charge in [0.05, 0.1) is 5.69 Å². The van der Waals surface area contributed by atoms with Crippen molar-refractivity contribution in [1.82, 2.24) is 14.5 Å². The maximum absolute atomic E-state index is 13.7. The number of hydrogen-bond acceptors (Lipinski definition) is 6. The molecule has 0 N–H and O–H groups in total. The number of nitrogens with zero attached hydrogens (tertiary/aromatic N) is 3. The van der Waals surface area contributed by atoms with E-state index in [-0.39, 0.29) is 5.56 Å². The standard InChI is InChI=1S/C21H19F2N3O4/c1-10-12-6-7-26(19(12)25-9-24-10)20-18-17(29-21(2,3)30-18)16(28-20)15(27)11-4-5-13(22)14(23)8-11/h4-9,16-18,20H,1-3H3/t16-,17-,18-,20-/m1/s1. The van der Waals surface area contributed by atoms with Gasteiger partial charge in [-0.3, -0.25) is 4.79 Å². The predicted octanol–water partition coefficient (Wildman–Crippen LogP) is 3.32. The molecule has 0 amide bonds. The second kappa shape index (κ2) is 6.63. The highest BCUT2D eigenvalue weighted by molar-refractivity contribution is 6.00. The fourth-order valence-corrected chi connectivity index (χ4v) is 4.13. The number of carbonyl (C=O) groups excluding carboxylic acids is 1. The highest BCUT2D eigenvalue weighted by Crippen LogP contribution is 2.44. The summed E-state index contributed by atoms with van der Waals surface area (Å²) in [4.78, 5) is 21.7. The molecule has 3 aromatic rings. The predicted molar refractivity (Wildman–Crippen MR) is 101 cm³/mol. The van der Waals surface area contributed by atoms with Crippen LogP contribution in [0.15, 0.2) is 36.8 Å². The van der Waals surface area contributed by atoms with E-state index < -0.39 is 47.7 Å². The molecule has 5 rings (SSSR count). The molecular weight excluding hydrogens is 396 g/mol. The molecule has 2 saturated heterocycles. The first kappa shape index (κ1) is 19.2. The SMILES string of the molecule is Cc1ncnc2c1ccn2[C@@H]1O[C@H](C(=O)c2ccc(F)c(F)c2)[C@H]2OC(C)(C)O[C@H]21. The molecule has 2 aliphatic rings. The van der Waals surface area contributed by atoms with Crippen LogP contribution in [0.2, 0.25) is 0 Å². The summed E-state index contributed by atoms with van der Waals surface area (Å²) >= 11 is 0. The normalized spacial score (nSPS) is 27.5. The number of aryl methyl sites for hydroxylation is 1. The number of hydrogen-bond donors (Lipinski definition) is 0. The molecule has 2 fully saturated rings. The monoisotopic (exact) mass is 415 g/mol. The molecule has 7 nitrogen and oxygen atoms in total. The van der Waals surface area contributed by atoms with Crippen LogP contribution in [-0.2, 0) is 14.2 Å². The van der Waals surface area contributed by atoms with Crippen LogP contribution >= 0.6 is 0 Å². The summed E-state index contributed by atoms with van der Waals surface area (Å²) < 4.78 is 46.9. The second-order valence-corrected chi connectivity index (χ2v) is 7.92. The molecule has 4 heterocycles. The lowest BCUT2D eigenvalue weighted by Crippen LogP contribution is -2.35. The summed E-state index contributed by atoms with van der Waals surface area (Å²) in [5, 5.41) is 0.853. The van der Waals surface area contributed by atoms with Crippen molar-refractivity contribution in [3.8, 4) is 0 Å². The molecule has 0 spiro atoms. The van der Waals surface area contributed by atoms with Crippen LogP contribution in [0.4, 0.5) is 8.78 Å². The summed E-state index contributed by atoms with van der Waals surface area (Å²) in [5.74, 6) is -3.56. The zero-order valence-electron chi connectivity index (χ0n) is 16.5. The minimum atomic E-state index is -1.10. The van der Waals surface area contributed by atoms with Crippen LogP contribution in [0.3, 0.4) is 0 Å². The molecule has 9 heteroatoms. The second-order valence-electron chi connectivity index (χ2n) is 7.92. The summed E-state index contributed by atoms with van der Waals surface area (Å²) in [6.45, 7) is 5.38. The smallest absolute Gasteiger partial charge is 0.194 e. The van der Waals surface area contributed by atoms with E-state index in [2.05, 4.69) is 9.97 Å². The maximum Gasteiger partial charge on any atom is 0.194 e. The van der Waals surface area contributed by atoms with Gasteiger partial charge in [0.15, 0.2) is 35.5 Å². The first-order valence-electron chi connectivity index (χ1n) is 9.54. The molecule has 0 unspecified atom stereocenters. The number of aromatic nitrogens is 3. The quantitative estimate of drug-likeness (QED) is 0.611. The van der Waals surface area contributed by atoms with Gasteiger partial charge in [-0.05, 0) is 45.0 Å². The third-order valence-electron chi connectivity index (χ3n) is 5.47. The molecule has 2 aromatic heterocycles. The first-order valence-corrected chi connectivity index (χ1v) is 9.54. The van der Waals surface area contributed by atoms with Crippen LogP contribution in [0.25, 0.3) is 11.0 Å². The van der Waals surface area contributed by atoms with Gasteiger partial charge in [-0.15, -0.1) is 0 Å². The average molecular weight is 415 g/mol. The van der Waals surface area contributed by atoms with Crippen molar-refractivity contribution in [2.45, 2.75) is 51.1 Å². The molecular formula is C21H19F2N3O4. The van der Waals surface area contributed by atoms with Gasteiger partial charge in [0, 0.05) is 17.1 Å². The fourth-order valence-electron chi connectivity index (χ4n) is 4.13. The van der Waals surface area contributed by atoms with Gasteiger partial charge < -0.3 is 18.8 Å². The summed E-state index contributed by atoms with van der Waals surface area (Å²) in [6, 6.07) is 4.89. The van der Waals surface area contributed by atoms with E-state index in [0.29, 0.717) is 5.65 Å². The zero-order chi connectivity index (χ0) is 21.2. The Kier molecular flexibility index (Phi) is 4.25. The number of fused-ring (bicyclic) bond motifs is 2. The Morgan fingerprint density at radius 2 is 1.87 bits per heavy atom. The third-order valence-corrected chi connectivity index (χ3v) is 5.47. The molecule has 2 aliphatic heterocycles. The average Bonchev–Trinajstić information content (AvgIpc) is 3.34. The Labute approximate surface area is 170 Å². The minimum Gasteiger partial charge on any atom is -0.341 e. The van der Waals surface area contributed by atoms with Gasteiger partial charge in [-0.2, -0.15) is 0 Å². The first-order chi connectivity index (χ1) is 14.2. The van der Waals surface area contributed by atoms with E-state index in [9.17, 15) is 13.6 Å². The Morgan fingerprint density at radius 1 is 1.10 bits per heavy atom. The van der Waals surface area contributed by atoms with Crippen molar-refractivity contribution in [2.75, 3.05) is 0 Å². The minimum absolute atomic E-state index is 0.00198. The molecule has 30 heavy (non-hydrogen) atoms. The van der Waals surface area contributed by atoms with Gasteiger partial charge in [-0.1, -0.05) is 0 Å². The molecule has 0 aliphatic carbocycles. The topological polar surface area (TPSA) is 75.5 Å². The van der Waals surface area contributed by atoms with Crippen molar-refractivity contribution in [3.63, 3.8) is 0 Å². The van der Waals surface area contributed by atoms with Crippen LogP contribution in [0.1, 0.15) is 36.1 Å². The van der Waals surface area contributed by atoms with E-state index in [4.69, 9.17) is 14.2 Å². The van der Waals surface area contributed by atoms with Crippen molar-refractivity contribution in [3.05, 3.63) is 59.7 Å². The third kappa shape index (κ3) is 2.92. The largest absolute Gasteiger partial charge is 0.341 e. The van der Waals surface area contributed by atoms with Gasteiger partial charge in [0.1, 0.15) is 24.2 Å². The van der Waals surface area contributed by atoms with E-state index in [1.165, 1.54) is 12.4 Å². The lowest BCUT2D eigenvalue weighted by atomic mass is 10.0. The number of benzene rings is 1. The van der Waals surface area contributed by atoms with Crippen LogP contribution < -0.4 is 0 Å². The number of ketones is 1. The van der Waals surface area contributed by atoms with Gasteiger partial charge in [0.2, 0.25) is 0 Å². The van der Waals surface area contributed by atoms with Gasteiger partial charge >= 0.3 is 0 Å². The Hall–Kier alpha value is -2.75. The van der Waals surface area contributed by atoms with E-state index in [0.717, 1.165) is 23.2 Å². The molecule has 0 bridgehead atoms. The number of ether oxygens (including phenoxy) is 3.